The molecule has 6 atom stereocenters. The Labute approximate surface area is 437 Å². The van der Waals surface area contributed by atoms with Crippen LogP contribution in [0.25, 0.3) is 0 Å². The van der Waals surface area contributed by atoms with Crippen LogP contribution in [0.4, 0.5) is 4.79 Å². The molecule has 18 heteroatoms. The van der Waals surface area contributed by atoms with E-state index in [4.69, 9.17) is 23.7 Å². The number of carbonyl (C=O) groups excluding carboxylic acids is 7. The zero-order valence-corrected chi connectivity index (χ0v) is 43.6. The average molecular weight is 1030 g/mol. The second kappa shape index (κ2) is 26.5. The highest BCUT2D eigenvalue weighted by Gasteiger charge is 2.39. The molecule has 4 bridgehead atoms. The molecule has 3 N–H and O–H groups in total. The molecular formula is C57H66N6O12. The van der Waals surface area contributed by atoms with Crippen molar-refractivity contribution >= 4 is 41.6 Å². The van der Waals surface area contributed by atoms with Crippen molar-refractivity contribution in [3.8, 4) is 23.0 Å². The van der Waals surface area contributed by atoms with Crippen molar-refractivity contribution in [2.75, 3.05) is 35.4 Å². The molecule has 0 radical (unpaired) electrons. The van der Waals surface area contributed by atoms with E-state index in [1.165, 1.54) is 63.9 Å². The number of benzene rings is 5. The van der Waals surface area contributed by atoms with E-state index >= 15 is 0 Å². The number of amides is 6. The minimum Gasteiger partial charge on any atom is -0.497 e. The largest absolute Gasteiger partial charge is 0.497 e. The van der Waals surface area contributed by atoms with Gasteiger partial charge in [-0.25, -0.2) is 9.59 Å². The number of rotatable bonds is 19. The highest BCUT2D eigenvalue weighted by molar-refractivity contribution is 5.96. The van der Waals surface area contributed by atoms with E-state index in [2.05, 4.69) is 16.0 Å². The van der Waals surface area contributed by atoms with E-state index < -0.39 is 77.8 Å². The number of methoxy groups -OCH3 is 2. The number of hydrogen-bond donors (Lipinski definition) is 3. The van der Waals surface area contributed by atoms with E-state index in [1.807, 2.05) is 48.5 Å². The topological polar surface area (TPSA) is 211 Å². The molecule has 396 valence electrons. The van der Waals surface area contributed by atoms with Crippen molar-refractivity contribution < 1.29 is 57.2 Å². The van der Waals surface area contributed by atoms with E-state index in [-0.39, 0.29) is 38.9 Å². The molecule has 6 amide bonds. The van der Waals surface area contributed by atoms with Crippen LogP contribution in [0.3, 0.4) is 0 Å². The Balaban J connectivity index is 1.21. The Morgan fingerprint density at radius 3 is 1.87 bits per heavy atom. The summed E-state index contributed by atoms with van der Waals surface area (Å²) in [5.41, 5.74) is 3.47. The van der Waals surface area contributed by atoms with Crippen LogP contribution >= 0.6 is 0 Å². The van der Waals surface area contributed by atoms with Crippen LogP contribution in [0, 0.1) is 0 Å². The predicted molar refractivity (Wildman–Crippen MR) is 279 cm³/mol. The normalized spacial score (nSPS) is 15.8. The molecule has 2 aliphatic heterocycles. The van der Waals surface area contributed by atoms with E-state index in [9.17, 15) is 33.6 Å². The van der Waals surface area contributed by atoms with Gasteiger partial charge in [-0.1, -0.05) is 97.9 Å². The lowest BCUT2D eigenvalue weighted by atomic mass is 9.99. The molecule has 0 spiro atoms. The van der Waals surface area contributed by atoms with Crippen molar-refractivity contribution in [3.05, 3.63) is 155 Å². The lowest BCUT2D eigenvalue weighted by Crippen LogP contribution is -2.59. The quantitative estimate of drug-likeness (QED) is 0.0842. The third kappa shape index (κ3) is 15.1. The number of carbonyl (C=O) groups is 7. The van der Waals surface area contributed by atoms with Crippen LogP contribution < -0.4 is 30.2 Å². The fraction of sp³-hybridized carbons (Fsp3) is 0.351. The van der Waals surface area contributed by atoms with Crippen molar-refractivity contribution in [1.82, 2.24) is 30.7 Å². The molecule has 0 saturated heterocycles. The summed E-state index contributed by atoms with van der Waals surface area (Å²) < 4.78 is 28.3. The van der Waals surface area contributed by atoms with Crippen molar-refractivity contribution in [2.45, 2.75) is 95.9 Å². The number of nitrogens with one attached hydrogen (secondary N) is 3. The maximum absolute atomic E-state index is 15.0. The van der Waals surface area contributed by atoms with E-state index in [0.717, 1.165) is 11.1 Å². The predicted octanol–water partition coefficient (Wildman–Crippen LogP) is 5.78. The van der Waals surface area contributed by atoms with Gasteiger partial charge in [0.25, 0.3) is 0 Å². The number of hydrogen-bond acceptors (Lipinski definition) is 12. The van der Waals surface area contributed by atoms with Gasteiger partial charge in [0.15, 0.2) is 11.5 Å². The molecule has 0 saturated carbocycles. The highest BCUT2D eigenvalue weighted by Crippen LogP contribution is 2.34. The maximum atomic E-state index is 15.0. The minimum atomic E-state index is -1.24. The van der Waals surface area contributed by atoms with Gasteiger partial charge in [-0.3, -0.25) is 24.0 Å². The van der Waals surface area contributed by atoms with Gasteiger partial charge in [0.05, 0.1) is 14.2 Å². The first-order valence-corrected chi connectivity index (χ1v) is 24.6. The number of esters is 1. The monoisotopic (exact) mass is 1030 g/mol. The fourth-order valence-corrected chi connectivity index (χ4v) is 8.49. The smallest absolute Gasteiger partial charge is 0.408 e. The first-order chi connectivity index (χ1) is 36.0. The molecule has 18 nitrogen and oxygen atoms in total. The number of nitrogens with zero attached hydrogens (tertiary/aromatic N) is 3. The van der Waals surface area contributed by atoms with Gasteiger partial charge in [0, 0.05) is 40.4 Å². The third-order valence-electron chi connectivity index (χ3n) is 13.0. The first-order valence-electron chi connectivity index (χ1n) is 24.6. The van der Waals surface area contributed by atoms with Crippen molar-refractivity contribution in [2.24, 2.45) is 0 Å². The average Bonchev–Trinajstić information content (AvgIpc) is 3.43. The Kier molecular flexibility index (Phi) is 19.8. The molecule has 5 aromatic carbocycles. The van der Waals surface area contributed by atoms with Gasteiger partial charge in [0.2, 0.25) is 29.5 Å². The Bertz CT molecular complexity index is 2760. The van der Waals surface area contributed by atoms with Crippen molar-refractivity contribution in [3.63, 3.8) is 0 Å². The number of ether oxygens (including phenoxy) is 5. The van der Waals surface area contributed by atoms with Crippen LogP contribution in [-0.2, 0) is 70.7 Å². The molecule has 0 aliphatic carbocycles. The minimum absolute atomic E-state index is 0.00898. The summed E-state index contributed by atoms with van der Waals surface area (Å²) in [5.74, 6) is -1.95. The van der Waals surface area contributed by atoms with E-state index in [1.54, 1.807) is 85.8 Å². The van der Waals surface area contributed by atoms with Crippen LogP contribution in [0.2, 0.25) is 0 Å². The van der Waals surface area contributed by atoms with Gasteiger partial charge >= 0.3 is 12.1 Å². The Hall–Kier alpha value is -8.41. The van der Waals surface area contributed by atoms with Crippen LogP contribution in [0.5, 0.6) is 23.0 Å². The summed E-state index contributed by atoms with van der Waals surface area (Å²) in [6, 6.07) is 30.3. The number of likely N-dealkylation sites (N-methyl/N-ethyl adjacent to an activating group) is 3. The van der Waals surface area contributed by atoms with Crippen LogP contribution in [-0.4, -0.2) is 128 Å². The molecular weight excluding hydrogens is 961 g/mol. The van der Waals surface area contributed by atoms with Crippen molar-refractivity contribution in [1.29, 1.82) is 0 Å². The summed E-state index contributed by atoms with van der Waals surface area (Å²) in [4.78, 5) is 102. The van der Waals surface area contributed by atoms with Gasteiger partial charge in [-0.15, -0.1) is 0 Å². The third-order valence-corrected chi connectivity index (χ3v) is 13.0. The molecule has 0 fully saturated rings. The Morgan fingerprint density at radius 1 is 0.680 bits per heavy atom. The number of alkyl carbamates (subject to hydrolysis) is 1. The second-order valence-corrected chi connectivity index (χ2v) is 18.3. The van der Waals surface area contributed by atoms with E-state index in [0.29, 0.717) is 39.7 Å². The molecule has 0 unspecified atom stereocenters. The number of fused-ring (bicyclic) bond motifs is 7. The lowest BCUT2D eigenvalue weighted by molar-refractivity contribution is -0.157. The van der Waals surface area contributed by atoms with Crippen LogP contribution in [0.15, 0.2) is 127 Å². The van der Waals surface area contributed by atoms with Gasteiger partial charge in [-0.2, -0.15) is 0 Å². The second-order valence-electron chi connectivity index (χ2n) is 18.3. The zero-order chi connectivity index (χ0) is 54.2. The fourth-order valence-electron chi connectivity index (χ4n) is 8.49. The maximum Gasteiger partial charge on any atom is 0.408 e. The molecule has 2 heterocycles. The van der Waals surface area contributed by atoms with Gasteiger partial charge in [0.1, 0.15) is 61.0 Å². The summed E-state index contributed by atoms with van der Waals surface area (Å²) in [7, 11) is 7.40. The molecule has 7 rings (SSSR count). The summed E-state index contributed by atoms with van der Waals surface area (Å²) in [6.45, 7) is 4.57. The van der Waals surface area contributed by atoms with Gasteiger partial charge in [-0.05, 0) is 84.5 Å². The summed E-state index contributed by atoms with van der Waals surface area (Å²) in [5, 5.41) is 7.99. The standard InChI is InChI=1S/C57H66N6O12/c1-9-45(60-57(70)74-35-41-18-14-11-15-19-41)51(64)58-36(2)53(66)61(4)46(30-38-20-25-43(71-7)26-21-38)52(65)59-37(3)54(67)62(5)47-31-39-22-27-44(28-23-39)75-50-33-42(24-29-49(50)72-8)32-48(63(6)55(47)68)56(69)73-34-40-16-12-10-13-17-40/h10-29,33,36-37,45-48H,9,30-32,34-35H2,1-8H3,(H,58,64)(H,59,65)(H,60,70)/t36-,37-,45+,46-,47-,48-/m0/s1. The summed E-state index contributed by atoms with van der Waals surface area (Å²) in [6.07, 6.45) is -0.607. The lowest BCUT2D eigenvalue weighted by Gasteiger charge is -2.36. The van der Waals surface area contributed by atoms with Gasteiger partial charge < -0.3 is 54.3 Å². The first kappa shape index (κ1) is 55.9. The molecule has 75 heavy (non-hydrogen) atoms. The molecule has 5 aromatic rings. The summed E-state index contributed by atoms with van der Waals surface area (Å²) >= 11 is 0. The SMILES string of the molecule is CC[C@@H](NC(=O)OCc1ccccc1)C(=O)N[C@@H](C)C(=O)N(C)[C@@H](Cc1ccc(OC)cc1)C(=O)N[C@@H](C)C(=O)N(C)[C@H]1Cc2ccc(cc2)Oc2cc(ccc2OC)C[C@@H](C(=O)OCc2ccccc2)N(C)C1=O. The zero-order valence-electron chi connectivity index (χ0n) is 43.6. The molecule has 0 aromatic heterocycles. The molecule has 2 aliphatic rings. The Morgan fingerprint density at radius 2 is 1.27 bits per heavy atom. The highest BCUT2D eigenvalue weighted by atomic mass is 16.5. The van der Waals surface area contributed by atoms with Crippen LogP contribution in [0.1, 0.15) is 55.0 Å².